The molecule has 0 aromatic carbocycles. The van der Waals surface area contributed by atoms with Crippen LogP contribution in [0.3, 0.4) is 0 Å². The van der Waals surface area contributed by atoms with E-state index in [1.807, 2.05) is 0 Å². The number of hydrogen-bond donors (Lipinski definition) is 4. The number of imidazole rings is 1. The minimum absolute atomic E-state index is 0.179. The van der Waals surface area contributed by atoms with Crippen LogP contribution in [-0.2, 0) is 4.74 Å². The molecular weight excluding hydrogens is 302 g/mol. The molecule has 0 spiro atoms. The van der Waals surface area contributed by atoms with Gasteiger partial charge in [0.1, 0.15) is 29.7 Å². The summed E-state index contributed by atoms with van der Waals surface area (Å²) in [6.07, 6.45) is -1.01. The van der Waals surface area contributed by atoms with Crippen molar-refractivity contribution in [1.29, 1.82) is 0 Å². The van der Waals surface area contributed by atoms with Gasteiger partial charge in [0.15, 0.2) is 17.7 Å². The zero-order valence-corrected chi connectivity index (χ0v) is 11.6. The van der Waals surface area contributed by atoms with Crippen LogP contribution in [0.15, 0.2) is 12.7 Å². The number of nitrogens with zero attached hydrogens (tertiary/aromatic N) is 4. The average Bonchev–Trinajstić information content (AvgIpc) is 3.02. The smallest absolute Gasteiger partial charge is 0.167 e. The van der Waals surface area contributed by atoms with E-state index in [1.54, 1.807) is 0 Å². The molecule has 3 rings (SSSR count). The normalized spacial score (nSPS) is 32.9. The summed E-state index contributed by atoms with van der Waals surface area (Å²) in [5.74, 6) is 0.0136. The SMILES string of the molecule is Nc1ncnc2c1ncn2[C@@H]1O[C@@](CO)(CCl)[C@@H](O)[C@H]1O. The van der Waals surface area contributed by atoms with Crippen LogP contribution in [-0.4, -0.2) is 65.1 Å². The highest BCUT2D eigenvalue weighted by Crippen LogP contribution is 2.39. The molecule has 2 aromatic rings. The number of hydrogen-bond acceptors (Lipinski definition) is 8. The van der Waals surface area contributed by atoms with Gasteiger partial charge in [-0.2, -0.15) is 0 Å². The van der Waals surface area contributed by atoms with E-state index >= 15 is 0 Å². The van der Waals surface area contributed by atoms with Crippen LogP contribution in [0.4, 0.5) is 5.82 Å². The molecule has 1 saturated heterocycles. The van der Waals surface area contributed by atoms with Crippen molar-refractivity contribution >= 4 is 28.6 Å². The fourth-order valence-corrected chi connectivity index (χ4v) is 2.71. The molecule has 0 unspecified atom stereocenters. The second kappa shape index (κ2) is 5.04. The van der Waals surface area contributed by atoms with Gasteiger partial charge in [-0.25, -0.2) is 15.0 Å². The highest BCUT2D eigenvalue weighted by molar-refractivity contribution is 6.18. The number of anilines is 1. The van der Waals surface area contributed by atoms with E-state index in [0.29, 0.717) is 11.2 Å². The molecule has 114 valence electrons. The molecule has 0 aliphatic carbocycles. The molecule has 4 atom stereocenters. The molecule has 0 radical (unpaired) electrons. The maximum absolute atomic E-state index is 10.2. The summed E-state index contributed by atoms with van der Waals surface area (Å²) in [6, 6.07) is 0. The van der Waals surface area contributed by atoms with Crippen molar-refractivity contribution in [2.75, 3.05) is 18.2 Å². The number of aliphatic hydroxyl groups is 3. The first-order chi connectivity index (χ1) is 10.0. The van der Waals surface area contributed by atoms with Crippen LogP contribution in [0.1, 0.15) is 6.23 Å². The number of nitrogens with two attached hydrogens (primary N) is 1. The lowest BCUT2D eigenvalue weighted by atomic mass is 9.98. The van der Waals surface area contributed by atoms with Gasteiger partial charge in [0, 0.05) is 0 Å². The first-order valence-corrected chi connectivity index (χ1v) is 6.71. The van der Waals surface area contributed by atoms with Gasteiger partial charge in [-0.05, 0) is 0 Å². The van der Waals surface area contributed by atoms with Crippen molar-refractivity contribution in [3.63, 3.8) is 0 Å². The Kier molecular flexibility index (Phi) is 3.46. The van der Waals surface area contributed by atoms with E-state index in [4.69, 9.17) is 22.1 Å². The van der Waals surface area contributed by atoms with E-state index in [1.165, 1.54) is 17.2 Å². The Morgan fingerprint density at radius 1 is 1.38 bits per heavy atom. The molecular formula is C11H14ClN5O4. The highest BCUT2D eigenvalue weighted by Gasteiger charge is 2.54. The Balaban J connectivity index is 2.06. The highest BCUT2D eigenvalue weighted by atomic mass is 35.5. The molecule has 0 saturated carbocycles. The van der Waals surface area contributed by atoms with Crippen molar-refractivity contribution in [2.45, 2.75) is 24.0 Å². The van der Waals surface area contributed by atoms with Crippen molar-refractivity contribution in [2.24, 2.45) is 0 Å². The van der Waals surface area contributed by atoms with Gasteiger partial charge in [0.25, 0.3) is 0 Å². The zero-order chi connectivity index (χ0) is 15.2. The second-order valence-corrected chi connectivity index (χ2v) is 5.15. The van der Waals surface area contributed by atoms with E-state index in [-0.39, 0.29) is 11.7 Å². The summed E-state index contributed by atoms with van der Waals surface area (Å²) in [4.78, 5) is 11.9. The van der Waals surface area contributed by atoms with Crippen LogP contribution < -0.4 is 5.73 Å². The number of alkyl halides is 1. The Morgan fingerprint density at radius 3 is 2.76 bits per heavy atom. The van der Waals surface area contributed by atoms with E-state index in [0.717, 1.165) is 0 Å². The minimum Gasteiger partial charge on any atom is -0.393 e. The fourth-order valence-electron chi connectivity index (χ4n) is 2.41. The van der Waals surface area contributed by atoms with Gasteiger partial charge in [-0.3, -0.25) is 4.57 Å². The lowest BCUT2D eigenvalue weighted by molar-refractivity contribution is -0.113. The number of fused-ring (bicyclic) bond motifs is 1. The molecule has 1 aliphatic heterocycles. The molecule has 3 heterocycles. The Morgan fingerprint density at radius 2 is 2.14 bits per heavy atom. The zero-order valence-electron chi connectivity index (χ0n) is 10.8. The topological polar surface area (TPSA) is 140 Å². The predicted molar refractivity (Wildman–Crippen MR) is 72.4 cm³/mol. The summed E-state index contributed by atoms with van der Waals surface area (Å²) < 4.78 is 7.03. The number of aliphatic hydroxyl groups excluding tert-OH is 3. The maximum Gasteiger partial charge on any atom is 0.167 e. The fraction of sp³-hybridized carbons (Fsp3) is 0.545. The molecule has 5 N–H and O–H groups in total. The predicted octanol–water partition coefficient (Wildman–Crippen LogP) is -1.37. The molecule has 21 heavy (non-hydrogen) atoms. The van der Waals surface area contributed by atoms with E-state index in [2.05, 4.69) is 15.0 Å². The van der Waals surface area contributed by atoms with Crippen LogP contribution in [0, 0.1) is 0 Å². The Bertz CT molecular complexity index is 661. The molecule has 10 heteroatoms. The number of halogens is 1. The monoisotopic (exact) mass is 315 g/mol. The number of rotatable bonds is 3. The summed E-state index contributed by atoms with van der Waals surface area (Å²) >= 11 is 5.77. The third-order valence-corrected chi connectivity index (χ3v) is 4.12. The Labute approximate surface area is 124 Å². The quantitative estimate of drug-likeness (QED) is 0.509. The summed E-state index contributed by atoms with van der Waals surface area (Å²) in [7, 11) is 0. The van der Waals surface area contributed by atoms with Crippen molar-refractivity contribution in [3.8, 4) is 0 Å². The summed E-state index contributed by atoms with van der Waals surface area (Å²) in [5, 5.41) is 29.7. The molecule has 0 amide bonds. The summed E-state index contributed by atoms with van der Waals surface area (Å²) in [6.45, 7) is -0.533. The first-order valence-electron chi connectivity index (χ1n) is 6.18. The standard InChI is InChI=1S/C11H14ClN5O4/c12-1-11(2-18)7(20)6(19)10(21-11)17-4-16-5-8(13)14-3-15-9(5)17/h3-4,6-7,10,18-20H,1-2H2,(H2,13,14,15)/t6-,7+,10-,11-/m1/s1. The van der Waals surface area contributed by atoms with Crippen LogP contribution in [0.2, 0.25) is 0 Å². The van der Waals surface area contributed by atoms with Crippen LogP contribution in [0.5, 0.6) is 0 Å². The first kappa shape index (κ1) is 14.4. The van der Waals surface area contributed by atoms with Gasteiger partial charge < -0.3 is 25.8 Å². The Hall–Kier alpha value is -1.52. The molecule has 0 bridgehead atoms. The third-order valence-electron chi connectivity index (χ3n) is 3.67. The van der Waals surface area contributed by atoms with Crippen molar-refractivity contribution in [1.82, 2.24) is 19.5 Å². The number of ether oxygens (including phenoxy) is 1. The third kappa shape index (κ3) is 1.97. The second-order valence-electron chi connectivity index (χ2n) is 4.88. The number of aromatic nitrogens is 4. The summed E-state index contributed by atoms with van der Waals surface area (Å²) in [5.41, 5.74) is 4.96. The lowest BCUT2D eigenvalue weighted by Gasteiger charge is -2.27. The van der Waals surface area contributed by atoms with Crippen molar-refractivity contribution in [3.05, 3.63) is 12.7 Å². The molecule has 2 aromatic heterocycles. The van der Waals surface area contributed by atoms with E-state index < -0.39 is 30.6 Å². The van der Waals surface area contributed by atoms with Gasteiger partial charge in [0.05, 0.1) is 18.8 Å². The van der Waals surface area contributed by atoms with Gasteiger partial charge in [0.2, 0.25) is 0 Å². The van der Waals surface area contributed by atoms with Crippen LogP contribution in [0.25, 0.3) is 11.2 Å². The van der Waals surface area contributed by atoms with E-state index in [9.17, 15) is 15.3 Å². The van der Waals surface area contributed by atoms with Gasteiger partial charge >= 0.3 is 0 Å². The lowest BCUT2D eigenvalue weighted by Crippen LogP contribution is -2.47. The molecule has 1 fully saturated rings. The van der Waals surface area contributed by atoms with Gasteiger partial charge in [-0.1, -0.05) is 0 Å². The minimum atomic E-state index is -1.44. The molecule has 9 nitrogen and oxygen atoms in total. The van der Waals surface area contributed by atoms with Crippen molar-refractivity contribution < 1.29 is 20.1 Å². The average molecular weight is 316 g/mol. The largest absolute Gasteiger partial charge is 0.393 e. The van der Waals surface area contributed by atoms with Crippen LogP contribution >= 0.6 is 11.6 Å². The van der Waals surface area contributed by atoms with Gasteiger partial charge in [-0.15, -0.1) is 11.6 Å². The molecule has 1 aliphatic rings. The number of nitrogen functional groups attached to an aromatic ring is 1. The maximum atomic E-state index is 10.2.